The number of hydrogen-bond donors (Lipinski definition) is 2. The highest BCUT2D eigenvalue weighted by molar-refractivity contribution is 6.31. The number of rotatable bonds is 5. The monoisotopic (exact) mass is 268 g/mol. The van der Waals surface area contributed by atoms with Gasteiger partial charge in [-0.05, 0) is 36.7 Å². The van der Waals surface area contributed by atoms with Crippen molar-refractivity contribution < 1.29 is 4.39 Å². The zero-order chi connectivity index (χ0) is 13.0. The molecule has 0 spiro atoms. The number of H-pyrrole nitrogens is 1. The number of nitrogens with zero attached hydrogens (tertiary/aromatic N) is 2. The fourth-order valence-corrected chi connectivity index (χ4v) is 2.02. The average Bonchev–Trinajstić information content (AvgIpc) is 2.87. The van der Waals surface area contributed by atoms with Gasteiger partial charge in [-0.1, -0.05) is 18.5 Å². The molecule has 1 heterocycles. The molecule has 2 N–H and O–H groups in total. The topological polar surface area (TPSA) is 53.6 Å². The molecule has 0 aliphatic rings. The second-order valence-electron chi connectivity index (χ2n) is 3.94. The van der Waals surface area contributed by atoms with Crippen LogP contribution in [0.25, 0.3) is 0 Å². The second-order valence-corrected chi connectivity index (χ2v) is 4.35. The molecule has 18 heavy (non-hydrogen) atoms. The van der Waals surface area contributed by atoms with E-state index < -0.39 is 0 Å². The lowest BCUT2D eigenvalue weighted by Gasteiger charge is -2.16. The van der Waals surface area contributed by atoms with Crippen LogP contribution in [-0.4, -0.2) is 22.0 Å². The summed E-state index contributed by atoms with van der Waals surface area (Å²) in [5, 5.41) is 14.2. The maximum atomic E-state index is 13.2. The SMILES string of the molecule is CCNC(Cc1cc(F)ccc1Cl)c1cn[nH]n1. The van der Waals surface area contributed by atoms with Gasteiger partial charge < -0.3 is 5.32 Å². The van der Waals surface area contributed by atoms with Gasteiger partial charge in [0.05, 0.1) is 17.9 Å². The number of halogens is 2. The highest BCUT2D eigenvalue weighted by atomic mass is 35.5. The van der Waals surface area contributed by atoms with Crippen LogP contribution in [0.4, 0.5) is 4.39 Å². The Labute approximate surface area is 110 Å². The summed E-state index contributed by atoms with van der Waals surface area (Å²) in [6.45, 7) is 2.78. The van der Waals surface area contributed by atoms with Gasteiger partial charge in [-0.15, -0.1) is 0 Å². The normalized spacial score (nSPS) is 12.6. The van der Waals surface area contributed by atoms with Crippen molar-refractivity contribution in [2.75, 3.05) is 6.54 Å². The van der Waals surface area contributed by atoms with Gasteiger partial charge in [0, 0.05) is 5.02 Å². The van der Waals surface area contributed by atoms with E-state index in [1.807, 2.05) is 6.92 Å². The molecule has 0 fully saturated rings. The van der Waals surface area contributed by atoms with E-state index in [-0.39, 0.29) is 11.9 Å². The van der Waals surface area contributed by atoms with Gasteiger partial charge in [0.15, 0.2) is 0 Å². The number of likely N-dealkylation sites (N-methyl/N-ethyl adjacent to an activating group) is 1. The summed E-state index contributed by atoms with van der Waals surface area (Å²) in [6, 6.07) is 4.34. The molecule has 0 saturated heterocycles. The van der Waals surface area contributed by atoms with Gasteiger partial charge >= 0.3 is 0 Å². The molecule has 0 aliphatic carbocycles. The predicted octanol–water partition coefficient (Wildman–Crippen LogP) is 2.49. The van der Waals surface area contributed by atoms with E-state index in [0.717, 1.165) is 17.8 Å². The summed E-state index contributed by atoms with van der Waals surface area (Å²) in [5.41, 5.74) is 1.54. The molecule has 0 bridgehead atoms. The van der Waals surface area contributed by atoms with Gasteiger partial charge in [-0.25, -0.2) is 4.39 Å². The van der Waals surface area contributed by atoms with E-state index >= 15 is 0 Å². The molecule has 1 unspecified atom stereocenters. The summed E-state index contributed by atoms with van der Waals surface area (Å²) < 4.78 is 13.2. The molecule has 96 valence electrons. The third kappa shape index (κ3) is 3.05. The zero-order valence-electron chi connectivity index (χ0n) is 9.95. The molecular weight excluding hydrogens is 255 g/mol. The van der Waals surface area contributed by atoms with Crippen molar-refractivity contribution in [1.29, 1.82) is 0 Å². The average molecular weight is 269 g/mol. The summed E-state index contributed by atoms with van der Waals surface area (Å²) in [4.78, 5) is 0. The fraction of sp³-hybridized carbons (Fsp3) is 0.333. The second kappa shape index (κ2) is 5.93. The lowest BCUT2D eigenvalue weighted by Crippen LogP contribution is -2.23. The maximum Gasteiger partial charge on any atom is 0.123 e. The molecule has 0 amide bonds. The van der Waals surface area contributed by atoms with E-state index in [9.17, 15) is 4.39 Å². The van der Waals surface area contributed by atoms with Crippen molar-refractivity contribution in [2.24, 2.45) is 0 Å². The summed E-state index contributed by atoms with van der Waals surface area (Å²) in [7, 11) is 0. The fourth-order valence-electron chi connectivity index (χ4n) is 1.83. The minimum absolute atomic E-state index is 0.0342. The first kappa shape index (κ1) is 13.0. The number of aromatic amines is 1. The standard InChI is InChI=1S/C12H14ClFN4/c1-2-15-11(12-7-16-18-17-12)6-8-5-9(14)3-4-10(8)13/h3-5,7,11,15H,2,6H2,1H3,(H,16,17,18). The molecule has 1 aromatic carbocycles. The van der Waals surface area contributed by atoms with Crippen LogP contribution in [0.3, 0.4) is 0 Å². The van der Waals surface area contributed by atoms with Gasteiger partial charge in [0.2, 0.25) is 0 Å². The van der Waals surface area contributed by atoms with Gasteiger partial charge in [0.25, 0.3) is 0 Å². The molecular formula is C12H14ClFN4. The Morgan fingerprint density at radius 2 is 2.33 bits per heavy atom. The Morgan fingerprint density at radius 3 is 3.00 bits per heavy atom. The van der Waals surface area contributed by atoms with E-state index in [0.29, 0.717) is 11.4 Å². The van der Waals surface area contributed by atoms with E-state index in [2.05, 4.69) is 20.7 Å². The minimum Gasteiger partial charge on any atom is -0.309 e. The molecule has 2 rings (SSSR count). The molecule has 0 aliphatic heterocycles. The smallest absolute Gasteiger partial charge is 0.123 e. The zero-order valence-corrected chi connectivity index (χ0v) is 10.7. The third-order valence-electron chi connectivity index (χ3n) is 2.67. The molecule has 0 radical (unpaired) electrons. The van der Waals surface area contributed by atoms with Crippen LogP contribution in [0.15, 0.2) is 24.4 Å². The number of benzene rings is 1. The van der Waals surface area contributed by atoms with Crippen LogP contribution in [0.5, 0.6) is 0 Å². The largest absolute Gasteiger partial charge is 0.309 e. The summed E-state index contributed by atoms with van der Waals surface area (Å²) >= 11 is 6.06. The van der Waals surface area contributed by atoms with E-state index in [1.165, 1.54) is 12.1 Å². The Bertz CT molecular complexity index is 501. The predicted molar refractivity (Wildman–Crippen MR) is 67.9 cm³/mol. The van der Waals surface area contributed by atoms with E-state index in [4.69, 9.17) is 11.6 Å². The first-order chi connectivity index (χ1) is 8.70. The Morgan fingerprint density at radius 1 is 1.50 bits per heavy atom. The van der Waals surface area contributed by atoms with E-state index in [1.54, 1.807) is 12.3 Å². The molecule has 4 nitrogen and oxygen atoms in total. The third-order valence-corrected chi connectivity index (χ3v) is 3.04. The number of aromatic nitrogens is 3. The van der Waals surface area contributed by atoms with Crippen molar-refractivity contribution in [3.63, 3.8) is 0 Å². The van der Waals surface area contributed by atoms with Crippen LogP contribution in [0.1, 0.15) is 24.2 Å². The van der Waals surface area contributed by atoms with Crippen molar-refractivity contribution in [3.8, 4) is 0 Å². The van der Waals surface area contributed by atoms with Gasteiger partial charge in [0.1, 0.15) is 5.82 Å². The quantitative estimate of drug-likeness (QED) is 0.876. The van der Waals surface area contributed by atoms with Gasteiger partial charge in [-0.2, -0.15) is 15.4 Å². The molecule has 1 atom stereocenters. The van der Waals surface area contributed by atoms with Crippen LogP contribution in [0.2, 0.25) is 5.02 Å². The van der Waals surface area contributed by atoms with Crippen LogP contribution >= 0.6 is 11.6 Å². The van der Waals surface area contributed by atoms with Crippen molar-refractivity contribution >= 4 is 11.6 Å². The van der Waals surface area contributed by atoms with Crippen LogP contribution < -0.4 is 5.32 Å². The number of hydrogen-bond acceptors (Lipinski definition) is 3. The molecule has 6 heteroatoms. The van der Waals surface area contributed by atoms with Gasteiger partial charge in [-0.3, -0.25) is 0 Å². The van der Waals surface area contributed by atoms with Crippen LogP contribution in [-0.2, 0) is 6.42 Å². The highest BCUT2D eigenvalue weighted by Crippen LogP contribution is 2.23. The first-order valence-electron chi connectivity index (χ1n) is 5.73. The Hall–Kier alpha value is -1.46. The molecule has 1 aromatic heterocycles. The Balaban J connectivity index is 2.21. The lowest BCUT2D eigenvalue weighted by atomic mass is 10.0. The minimum atomic E-state index is -0.287. The maximum absolute atomic E-state index is 13.2. The number of nitrogens with one attached hydrogen (secondary N) is 2. The molecule has 0 saturated carbocycles. The highest BCUT2D eigenvalue weighted by Gasteiger charge is 2.15. The molecule has 2 aromatic rings. The van der Waals surface area contributed by atoms with Crippen molar-refractivity contribution in [3.05, 3.63) is 46.5 Å². The summed E-state index contributed by atoms with van der Waals surface area (Å²) in [5.74, 6) is -0.287. The van der Waals surface area contributed by atoms with Crippen molar-refractivity contribution in [1.82, 2.24) is 20.7 Å². The lowest BCUT2D eigenvalue weighted by molar-refractivity contribution is 0.533. The first-order valence-corrected chi connectivity index (χ1v) is 6.11. The summed E-state index contributed by atoms with van der Waals surface area (Å²) in [6.07, 6.45) is 2.22. The Kier molecular flexibility index (Phi) is 4.28. The van der Waals surface area contributed by atoms with Crippen LogP contribution in [0, 0.1) is 5.82 Å². The van der Waals surface area contributed by atoms with Crippen molar-refractivity contribution in [2.45, 2.75) is 19.4 Å².